The lowest BCUT2D eigenvalue weighted by atomic mass is 10.1. The summed E-state index contributed by atoms with van der Waals surface area (Å²) in [7, 11) is 1.77. The van der Waals surface area contributed by atoms with Gasteiger partial charge in [0.25, 0.3) is 0 Å². The van der Waals surface area contributed by atoms with Crippen LogP contribution < -0.4 is 5.73 Å². The van der Waals surface area contributed by atoms with Crippen LogP contribution in [-0.4, -0.2) is 44.8 Å². The maximum atomic E-state index is 5.47. The van der Waals surface area contributed by atoms with E-state index >= 15 is 0 Å². The second-order valence-corrected chi connectivity index (χ2v) is 4.55. The number of unbranched alkanes of at least 4 members (excludes halogenated alkanes) is 3. The van der Waals surface area contributed by atoms with E-state index in [4.69, 9.17) is 10.5 Å². The number of hydrogen-bond acceptors (Lipinski definition) is 3. The molecule has 1 rings (SSSR count). The fourth-order valence-corrected chi connectivity index (χ4v) is 2.11. The first kappa shape index (κ1) is 13.7. The third-order valence-electron chi connectivity index (χ3n) is 3.15. The highest BCUT2D eigenvalue weighted by Crippen LogP contribution is 2.11. The molecule has 1 heterocycles. The first-order valence-corrected chi connectivity index (χ1v) is 6.46. The number of nitrogens with two attached hydrogens (primary N) is 1. The molecule has 0 aromatic heterocycles. The molecule has 0 saturated heterocycles. The fourth-order valence-electron chi connectivity index (χ4n) is 2.11. The minimum Gasteiger partial charge on any atom is -0.380 e. The predicted molar refractivity (Wildman–Crippen MR) is 68.5 cm³/mol. The summed E-state index contributed by atoms with van der Waals surface area (Å²) in [5.41, 5.74) is 6.93. The van der Waals surface area contributed by atoms with Crippen molar-refractivity contribution in [2.24, 2.45) is 5.73 Å². The fraction of sp³-hybridized carbons (Fsp3) is 0.846. The summed E-state index contributed by atoms with van der Waals surface area (Å²) in [5, 5.41) is 0. The lowest BCUT2D eigenvalue weighted by Gasteiger charge is -2.26. The Bertz CT molecular complexity index is 204. The highest BCUT2D eigenvalue weighted by molar-refractivity contribution is 5.07. The van der Waals surface area contributed by atoms with Crippen LogP contribution in [0.25, 0.3) is 0 Å². The van der Waals surface area contributed by atoms with Crippen molar-refractivity contribution in [3.8, 4) is 0 Å². The molecule has 0 saturated carbocycles. The summed E-state index contributed by atoms with van der Waals surface area (Å²) in [6.45, 7) is 5.19. The van der Waals surface area contributed by atoms with Crippen LogP contribution in [-0.2, 0) is 4.74 Å². The molecule has 2 N–H and O–H groups in total. The molecule has 94 valence electrons. The van der Waals surface area contributed by atoms with E-state index in [0.717, 1.165) is 19.7 Å². The summed E-state index contributed by atoms with van der Waals surface area (Å²) in [4.78, 5) is 2.53. The first-order chi connectivity index (χ1) is 7.86. The normalized spacial score (nSPS) is 17.5. The zero-order valence-corrected chi connectivity index (χ0v) is 10.6. The summed E-state index contributed by atoms with van der Waals surface area (Å²) in [5.74, 6) is 0. The lowest BCUT2D eigenvalue weighted by molar-refractivity contribution is 0.211. The predicted octanol–water partition coefficient (Wildman–Crippen LogP) is 1.78. The highest BCUT2D eigenvalue weighted by Gasteiger charge is 2.10. The monoisotopic (exact) mass is 226 g/mol. The third-order valence-corrected chi connectivity index (χ3v) is 3.15. The average molecular weight is 226 g/mol. The van der Waals surface area contributed by atoms with Crippen LogP contribution in [0.3, 0.4) is 0 Å². The number of ether oxygens (including phenoxy) is 1. The molecule has 0 unspecified atom stereocenters. The third kappa shape index (κ3) is 5.64. The Hall–Kier alpha value is -0.380. The van der Waals surface area contributed by atoms with Crippen LogP contribution in [0.5, 0.6) is 0 Å². The topological polar surface area (TPSA) is 38.5 Å². The standard InChI is InChI=1S/C13H26N2O/c1-16-12-13-6-10-15(11-7-13)9-5-3-2-4-8-14/h6H,2-5,7-12,14H2,1H3. The molecule has 0 atom stereocenters. The van der Waals surface area contributed by atoms with Gasteiger partial charge in [-0.1, -0.05) is 18.9 Å². The first-order valence-electron chi connectivity index (χ1n) is 6.46. The summed E-state index contributed by atoms with van der Waals surface area (Å²) in [6, 6.07) is 0. The van der Waals surface area contributed by atoms with Crippen molar-refractivity contribution in [1.29, 1.82) is 0 Å². The van der Waals surface area contributed by atoms with E-state index in [1.54, 1.807) is 7.11 Å². The zero-order valence-electron chi connectivity index (χ0n) is 10.6. The molecular formula is C13H26N2O. The van der Waals surface area contributed by atoms with Crippen molar-refractivity contribution in [1.82, 2.24) is 4.90 Å². The molecule has 1 aliphatic heterocycles. The van der Waals surface area contributed by atoms with Crippen molar-refractivity contribution in [2.75, 3.05) is 39.9 Å². The highest BCUT2D eigenvalue weighted by atomic mass is 16.5. The number of hydrogen-bond donors (Lipinski definition) is 1. The van der Waals surface area contributed by atoms with Crippen LogP contribution >= 0.6 is 0 Å². The molecule has 0 amide bonds. The molecule has 0 spiro atoms. The van der Waals surface area contributed by atoms with Gasteiger partial charge in [0.2, 0.25) is 0 Å². The Labute approximate surface area is 99.6 Å². The minimum atomic E-state index is 0.810. The maximum Gasteiger partial charge on any atom is 0.0673 e. The van der Waals surface area contributed by atoms with Gasteiger partial charge < -0.3 is 10.5 Å². The Morgan fingerprint density at radius 1 is 1.31 bits per heavy atom. The second kappa shape index (κ2) is 8.74. The van der Waals surface area contributed by atoms with E-state index in [1.165, 1.54) is 50.8 Å². The van der Waals surface area contributed by atoms with E-state index in [9.17, 15) is 0 Å². The molecule has 0 aromatic rings. The molecule has 1 aliphatic rings. The van der Waals surface area contributed by atoms with Crippen LogP contribution in [0.15, 0.2) is 11.6 Å². The Kier molecular flexibility index (Phi) is 7.47. The van der Waals surface area contributed by atoms with Gasteiger partial charge in [0.15, 0.2) is 0 Å². The van der Waals surface area contributed by atoms with Gasteiger partial charge in [-0.05, 0) is 37.9 Å². The van der Waals surface area contributed by atoms with Crippen LogP contribution in [0.1, 0.15) is 32.1 Å². The molecule has 0 bridgehead atoms. The van der Waals surface area contributed by atoms with E-state index < -0.39 is 0 Å². The summed E-state index contributed by atoms with van der Waals surface area (Å²) >= 11 is 0. The van der Waals surface area contributed by atoms with Crippen molar-refractivity contribution in [3.63, 3.8) is 0 Å². The summed E-state index contributed by atoms with van der Waals surface area (Å²) in [6.07, 6.45) is 8.60. The largest absolute Gasteiger partial charge is 0.380 e. The number of nitrogens with zero attached hydrogens (tertiary/aromatic N) is 1. The molecule has 16 heavy (non-hydrogen) atoms. The van der Waals surface area contributed by atoms with Crippen molar-refractivity contribution in [3.05, 3.63) is 11.6 Å². The molecule has 0 fully saturated rings. The van der Waals surface area contributed by atoms with Crippen molar-refractivity contribution < 1.29 is 4.74 Å². The van der Waals surface area contributed by atoms with Gasteiger partial charge in [-0.25, -0.2) is 0 Å². The second-order valence-electron chi connectivity index (χ2n) is 4.55. The number of rotatable bonds is 8. The van der Waals surface area contributed by atoms with Crippen molar-refractivity contribution >= 4 is 0 Å². The van der Waals surface area contributed by atoms with E-state index in [0.29, 0.717) is 0 Å². The Morgan fingerprint density at radius 2 is 2.12 bits per heavy atom. The minimum absolute atomic E-state index is 0.810. The Morgan fingerprint density at radius 3 is 2.75 bits per heavy atom. The Balaban J connectivity index is 2.03. The van der Waals surface area contributed by atoms with Gasteiger partial charge in [0, 0.05) is 20.2 Å². The van der Waals surface area contributed by atoms with Gasteiger partial charge in [0.1, 0.15) is 0 Å². The average Bonchev–Trinajstić information content (AvgIpc) is 2.31. The SMILES string of the molecule is COCC1=CCN(CCCCCCN)CC1. The summed E-state index contributed by atoms with van der Waals surface area (Å²) < 4.78 is 5.14. The molecule has 3 nitrogen and oxygen atoms in total. The molecule has 0 radical (unpaired) electrons. The smallest absolute Gasteiger partial charge is 0.0673 e. The van der Waals surface area contributed by atoms with E-state index in [1.807, 2.05) is 0 Å². The van der Waals surface area contributed by atoms with Crippen LogP contribution in [0.4, 0.5) is 0 Å². The van der Waals surface area contributed by atoms with Crippen LogP contribution in [0.2, 0.25) is 0 Å². The van der Waals surface area contributed by atoms with Crippen LogP contribution in [0, 0.1) is 0 Å². The maximum absolute atomic E-state index is 5.47. The van der Waals surface area contributed by atoms with Gasteiger partial charge in [0.05, 0.1) is 6.61 Å². The molecule has 0 aliphatic carbocycles. The quantitative estimate of drug-likeness (QED) is 0.506. The number of methoxy groups -OCH3 is 1. The molecular weight excluding hydrogens is 200 g/mol. The van der Waals surface area contributed by atoms with Gasteiger partial charge in [-0.2, -0.15) is 0 Å². The van der Waals surface area contributed by atoms with Crippen molar-refractivity contribution in [2.45, 2.75) is 32.1 Å². The van der Waals surface area contributed by atoms with E-state index in [2.05, 4.69) is 11.0 Å². The van der Waals surface area contributed by atoms with Gasteiger partial charge in [-0.3, -0.25) is 4.90 Å². The lowest BCUT2D eigenvalue weighted by Crippen LogP contribution is -2.30. The zero-order chi connectivity index (χ0) is 11.6. The van der Waals surface area contributed by atoms with E-state index in [-0.39, 0.29) is 0 Å². The van der Waals surface area contributed by atoms with Gasteiger partial charge >= 0.3 is 0 Å². The molecule has 0 aromatic carbocycles. The molecule has 3 heteroatoms. The van der Waals surface area contributed by atoms with Gasteiger partial charge in [-0.15, -0.1) is 0 Å².